The number of ether oxygens (including phenoxy) is 3. The van der Waals surface area contributed by atoms with Crippen molar-refractivity contribution in [1.82, 2.24) is 24.5 Å². The minimum absolute atomic E-state index is 0.0509. The van der Waals surface area contributed by atoms with Crippen LogP contribution in [-0.4, -0.2) is 43.9 Å². The number of nitrogens with zero attached hydrogens (tertiary/aromatic N) is 5. The lowest BCUT2D eigenvalue weighted by Crippen LogP contribution is -2.14. The van der Waals surface area contributed by atoms with Gasteiger partial charge in [0.2, 0.25) is 0 Å². The fourth-order valence-corrected chi connectivity index (χ4v) is 2.68. The summed E-state index contributed by atoms with van der Waals surface area (Å²) in [5, 5.41) is 0.304. The molecule has 2 N–H and O–H groups in total. The molecule has 11 heteroatoms. The number of unbranched alkanes of at least 4 members (excludes halogenated alkanes) is 1. The zero-order valence-electron chi connectivity index (χ0n) is 16.1. The molecule has 3 heterocycles. The largest absolute Gasteiger partial charge is 0.516 e. The average molecular weight is 421 g/mol. The highest BCUT2D eigenvalue weighted by Crippen LogP contribution is 2.28. The van der Waals surface area contributed by atoms with Gasteiger partial charge in [0.05, 0.1) is 19.8 Å². The SMILES string of the molecule is CCCCOc1nc(N)c2nc(OC(=O)OCC)n(Cc3cccnc3Cl)c2n1. The Kier molecular flexibility index (Phi) is 6.65. The molecule has 29 heavy (non-hydrogen) atoms. The Morgan fingerprint density at radius 2 is 2.10 bits per heavy atom. The highest BCUT2D eigenvalue weighted by atomic mass is 35.5. The second-order valence-corrected chi connectivity index (χ2v) is 6.34. The van der Waals surface area contributed by atoms with Crippen molar-refractivity contribution in [3.63, 3.8) is 0 Å². The molecule has 3 aromatic rings. The molecule has 0 spiro atoms. The van der Waals surface area contributed by atoms with Crippen molar-refractivity contribution in [3.05, 3.63) is 29.0 Å². The third kappa shape index (κ3) is 4.83. The molecule has 0 aliphatic rings. The lowest BCUT2D eigenvalue weighted by molar-refractivity contribution is 0.0995. The second-order valence-electron chi connectivity index (χ2n) is 5.98. The Hall–Kier alpha value is -3.14. The zero-order chi connectivity index (χ0) is 20.8. The van der Waals surface area contributed by atoms with Crippen molar-refractivity contribution in [1.29, 1.82) is 0 Å². The predicted molar refractivity (Wildman–Crippen MR) is 106 cm³/mol. The van der Waals surface area contributed by atoms with Gasteiger partial charge in [-0.15, -0.1) is 0 Å². The van der Waals surface area contributed by atoms with E-state index in [9.17, 15) is 4.79 Å². The molecule has 0 aliphatic heterocycles. The number of hydrogen-bond acceptors (Lipinski definition) is 9. The van der Waals surface area contributed by atoms with Crippen molar-refractivity contribution in [2.75, 3.05) is 18.9 Å². The fourth-order valence-electron chi connectivity index (χ4n) is 2.50. The maximum Gasteiger partial charge on any atom is 0.516 e. The number of pyridine rings is 1. The lowest BCUT2D eigenvalue weighted by atomic mass is 10.3. The number of nitrogen functional groups attached to an aromatic ring is 1. The van der Waals surface area contributed by atoms with Crippen LogP contribution in [0.15, 0.2) is 18.3 Å². The van der Waals surface area contributed by atoms with Gasteiger partial charge in [0.1, 0.15) is 5.15 Å². The summed E-state index contributed by atoms with van der Waals surface area (Å²) in [6.45, 7) is 4.51. The summed E-state index contributed by atoms with van der Waals surface area (Å²) >= 11 is 6.19. The van der Waals surface area contributed by atoms with Crippen molar-refractivity contribution in [2.45, 2.75) is 33.2 Å². The van der Waals surface area contributed by atoms with Crippen LogP contribution in [-0.2, 0) is 11.3 Å². The first-order valence-electron chi connectivity index (χ1n) is 9.14. The number of imidazole rings is 1. The summed E-state index contributed by atoms with van der Waals surface area (Å²) in [7, 11) is 0. The van der Waals surface area contributed by atoms with Crippen molar-refractivity contribution < 1.29 is 19.0 Å². The Morgan fingerprint density at radius 3 is 2.83 bits per heavy atom. The normalized spacial score (nSPS) is 10.9. The molecule has 0 fully saturated rings. The average Bonchev–Trinajstić information content (AvgIpc) is 3.02. The van der Waals surface area contributed by atoms with Gasteiger partial charge in [-0.2, -0.15) is 15.0 Å². The minimum Gasteiger partial charge on any atom is -0.463 e. The summed E-state index contributed by atoms with van der Waals surface area (Å²) in [5.41, 5.74) is 7.32. The highest BCUT2D eigenvalue weighted by Gasteiger charge is 2.22. The number of carbonyl (C=O) groups is 1. The van der Waals surface area contributed by atoms with Crippen LogP contribution >= 0.6 is 11.6 Å². The predicted octanol–water partition coefficient (Wildman–Crippen LogP) is 3.22. The van der Waals surface area contributed by atoms with E-state index in [4.69, 9.17) is 31.5 Å². The van der Waals surface area contributed by atoms with E-state index in [1.807, 2.05) is 6.92 Å². The van der Waals surface area contributed by atoms with Crippen molar-refractivity contribution in [2.24, 2.45) is 0 Å². The molecule has 0 unspecified atom stereocenters. The number of aromatic nitrogens is 5. The molecule has 0 aromatic carbocycles. The van der Waals surface area contributed by atoms with Gasteiger partial charge in [-0.05, 0) is 19.4 Å². The topological polar surface area (TPSA) is 127 Å². The number of nitrogens with two attached hydrogens (primary N) is 1. The van der Waals surface area contributed by atoms with Crippen LogP contribution in [0.5, 0.6) is 12.0 Å². The van der Waals surface area contributed by atoms with Gasteiger partial charge in [0.15, 0.2) is 17.0 Å². The first-order chi connectivity index (χ1) is 14.0. The molecule has 3 rings (SSSR count). The molecule has 0 aliphatic carbocycles. The van der Waals surface area contributed by atoms with E-state index in [0.29, 0.717) is 23.0 Å². The molecule has 3 aromatic heterocycles. The summed E-state index contributed by atoms with van der Waals surface area (Å²) in [6, 6.07) is 3.60. The smallest absolute Gasteiger partial charge is 0.463 e. The molecule has 0 saturated heterocycles. The summed E-state index contributed by atoms with van der Waals surface area (Å²) in [4.78, 5) is 28.7. The standard InChI is InChI=1S/C18H21ClN6O4/c1-3-5-9-28-16-23-14(20)12-15(24-16)25(10-11-7-6-8-21-13(11)19)17(22-12)29-18(26)27-4-2/h6-8H,3-5,9-10H2,1-2H3,(H2,20,23,24). The molecular formula is C18H21ClN6O4. The van der Waals surface area contributed by atoms with Gasteiger partial charge in [-0.3, -0.25) is 4.57 Å². The lowest BCUT2D eigenvalue weighted by Gasteiger charge is -2.10. The van der Waals surface area contributed by atoms with Crippen molar-refractivity contribution in [3.8, 4) is 12.0 Å². The Balaban J connectivity index is 2.06. The summed E-state index contributed by atoms with van der Waals surface area (Å²) in [6.07, 6.45) is 2.50. The quantitative estimate of drug-likeness (QED) is 0.331. The number of anilines is 1. The Bertz CT molecular complexity index is 1010. The molecule has 0 bridgehead atoms. The third-order valence-electron chi connectivity index (χ3n) is 3.90. The van der Waals surface area contributed by atoms with Crippen molar-refractivity contribution >= 4 is 34.7 Å². The van der Waals surface area contributed by atoms with Gasteiger partial charge in [0, 0.05) is 11.8 Å². The van der Waals surface area contributed by atoms with Crippen LogP contribution in [0.3, 0.4) is 0 Å². The van der Waals surface area contributed by atoms with E-state index in [0.717, 1.165) is 12.8 Å². The first-order valence-corrected chi connectivity index (χ1v) is 9.51. The van der Waals surface area contributed by atoms with Gasteiger partial charge in [-0.25, -0.2) is 9.78 Å². The fraction of sp³-hybridized carbons (Fsp3) is 0.389. The molecule has 0 radical (unpaired) electrons. The molecule has 10 nitrogen and oxygen atoms in total. The van der Waals surface area contributed by atoms with E-state index in [2.05, 4.69) is 19.9 Å². The molecular weight excluding hydrogens is 400 g/mol. The third-order valence-corrected chi connectivity index (χ3v) is 4.24. The monoisotopic (exact) mass is 420 g/mol. The summed E-state index contributed by atoms with van der Waals surface area (Å²) < 4.78 is 17.2. The van der Waals surface area contributed by atoms with Gasteiger partial charge < -0.3 is 19.9 Å². The highest BCUT2D eigenvalue weighted by molar-refractivity contribution is 6.30. The number of fused-ring (bicyclic) bond motifs is 1. The van der Waals surface area contributed by atoms with Crippen LogP contribution in [0.2, 0.25) is 5.15 Å². The summed E-state index contributed by atoms with van der Waals surface area (Å²) in [5.74, 6) is 0.103. The van der Waals surface area contributed by atoms with E-state index < -0.39 is 6.16 Å². The maximum absolute atomic E-state index is 11.9. The number of halogens is 1. The van der Waals surface area contributed by atoms with Gasteiger partial charge in [-0.1, -0.05) is 31.0 Å². The number of rotatable bonds is 8. The number of hydrogen-bond donors (Lipinski definition) is 1. The molecule has 0 saturated carbocycles. The Morgan fingerprint density at radius 1 is 1.28 bits per heavy atom. The number of carbonyl (C=O) groups excluding carboxylic acids is 1. The van der Waals surface area contributed by atoms with Gasteiger partial charge >= 0.3 is 18.2 Å². The first kappa shape index (κ1) is 20.6. The van der Waals surface area contributed by atoms with E-state index in [1.165, 1.54) is 0 Å². The second kappa shape index (κ2) is 9.37. The van der Waals surface area contributed by atoms with Crippen LogP contribution in [0.1, 0.15) is 32.3 Å². The minimum atomic E-state index is -0.896. The van der Waals surface area contributed by atoms with Gasteiger partial charge in [0.25, 0.3) is 0 Å². The Labute approximate surface area is 172 Å². The van der Waals surface area contributed by atoms with E-state index >= 15 is 0 Å². The van der Waals surface area contributed by atoms with E-state index in [1.54, 1.807) is 29.8 Å². The molecule has 154 valence electrons. The maximum atomic E-state index is 11.9. The van der Waals surface area contributed by atoms with Crippen LogP contribution in [0, 0.1) is 0 Å². The molecule has 0 amide bonds. The van der Waals surface area contributed by atoms with Crippen LogP contribution in [0.4, 0.5) is 10.6 Å². The zero-order valence-corrected chi connectivity index (χ0v) is 16.8. The van der Waals surface area contributed by atoms with Crippen LogP contribution in [0.25, 0.3) is 11.2 Å². The van der Waals surface area contributed by atoms with Crippen LogP contribution < -0.4 is 15.2 Å². The molecule has 0 atom stereocenters. The van der Waals surface area contributed by atoms with E-state index in [-0.39, 0.29) is 36.5 Å².